The van der Waals surface area contributed by atoms with E-state index in [1.54, 1.807) is 7.11 Å². The lowest BCUT2D eigenvalue weighted by molar-refractivity contribution is 0.172. The SMILES string of the molecule is CCC1CC(O)c2cc(OC)ccc21. The van der Waals surface area contributed by atoms with Crippen molar-refractivity contribution < 1.29 is 9.84 Å². The third kappa shape index (κ3) is 1.40. The molecule has 2 atom stereocenters. The fourth-order valence-corrected chi connectivity index (χ4v) is 2.25. The molecular weight excluding hydrogens is 176 g/mol. The molecule has 1 aliphatic carbocycles. The van der Waals surface area contributed by atoms with E-state index in [1.807, 2.05) is 12.1 Å². The zero-order valence-corrected chi connectivity index (χ0v) is 8.66. The Balaban J connectivity index is 2.41. The van der Waals surface area contributed by atoms with E-state index >= 15 is 0 Å². The molecule has 1 aromatic rings. The number of hydrogen-bond acceptors (Lipinski definition) is 2. The standard InChI is InChI=1S/C12H16O2/c1-3-8-6-12(13)11-7-9(14-2)4-5-10(8)11/h4-5,7-8,12-13H,3,6H2,1-2H3. The summed E-state index contributed by atoms with van der Waals surface area (Å²) in [5.41, 5.74) is 2.34. The molecule has 0 spiro atoms. The van der Waals surface area contributed by atoms with Crippen molar-refractivity contribution in [3.63, 3.8) is 0 Å². The molecule has 0 amide bonds. The van der Waals surface area contributed by atoms with Gasteiger partial charge < -0.3 is 9.84 Å². The third-order valence-corrected chi connectivity index (χ3v) is 3.09. The number of rotatable bonds is 2. The Morgan fingerprint density at radius 3 is 2.86 bits per heavy atom. The molecule has 76 valence electrons. The summed E-state index contributed by atoms with van der Waals surface area (Å²) in [6.07, 6.45) is 1.65. The van der Waals surface area contributed by atoms with Crippen molar-refractivity contribution in [2.75, 3.05) is 7.11 Å². The first-order valence-corrected chi connectivity index (χ1v) is 5.12. The van der Waals surface area contributed by atoms with Crippen LogP contribution in [-0.2, 0) is 0 Å². The minimum atomic E-state index is -0.301. The highest BCUT2D eigenvalue weighted by atomic mass is 16.5. The molecule has 1 aromatic carbocycles. The Bertz CT molecular complexity index is 333. The van der Waals surface area contributed by atoms with E-state index in [0.717, 1.165) is 24.2 Å². The van der Waals surface area contributed by atoms with Crippen LogP contribution in [0.3, 0.4) is 0 Å². The van der Waals surface area contributed by atoms with E-state index < -0.39 is 0 Å². The van der Waals surface area contributed by atoms with Gasteiger partial charge in [-0.05, 0) is 42.0 Å². The van der Waals surface area contributed by atoms with Gasteiger partial charge in [-0.25, -0.2) is 0 Å². The van der Waals surface area contributed by atoms with Gasteiger partial charge in [0.05, 0.1) is 13.2 Å². The average molecular weight is 192 g/mol. The fraction of sp³-hybridized carbons (Fsp3) is 0.500. The van der Waals surface area contributed by atoms with Crippen LogP contribution in [0.2, 0.25) is 0 Å². The molecule has 0 fully saturated rings. The van der Waals surface area contributed by atoms with Gasteiger partial charge in [-0.2, -0.15) is 0 Å². The zero-order chi connectivity index (χ0) is 10.1. The summed E-state index contributed by atoms with van der Waals surface area (Å²) in [6, 6.07) is 6.01. The number of methoxy groups -OCH3 is 1. The van der Waals surface area contributed by atoms with Crippen LogP contribution >= 0.6 is 0 Å². The molecule has 2 rings (SSSR count). The molecule has 0 radical (unpaired) electrons. The van der Waals surface area contributed by atoms with Gasteiger partial charge in [0.2, 0.25) is 0 Å². The van der Waals surface area contributed by atoms with Gasteiger partial charge in [0, 0.05) is 0 Å². The number of aliphatic hydroxyl groups excluding tert-OH is 1. The van der Waals surface area contributed by atoms with Crippen LogP contribution in [-0.4, -0.2) is 12.2 Å². The Morgan fingerprint density at radius 1 is 1.43 bits per heavy atom. The molecule has 0 aromatic heterocycles. The zero-order valence-electron chi connectivity index (χ0n) is 8.66. The lowest BCUT2D eigenvalue weighted by Gasteiger charge is -2.08. The summed E-state index contributed by atoms with van der Waals surface area (Å²) in [5.74, 6) is 1.35. The maximum Gasteiger partial charge on any atom is 0.119 e. The highest BCUT2D eigenvalue weighted by Gasteiger charge is 2.28. The number of hydrogen-bond donors (Lipinski definition) is 1. The molecule has 0 heterocycles. The first-order chi connectivity index (χ1) is 6.76. The third-order valence-electron chi connectivity index (χ3n) is 3.09. The summed E-state index contributed by atoms with van der Waals surface area (Å²) >= 11 is 0. The molecule has 2 heteroatoms. The van der Waals surface area contributed by atoms with Crippen molar-refractivity contribution in [1.29, 1.82) is 0 Å². The summed E-state index contributed by atoms with van der Waals surface area (Å²) < 4.78 is 5.15. The molecule has 2 nitrogen and oxygen atoms in total. The van der Waals surface area contributed by atoms with Crippen molar-refractivity contribution >= 4 is 0 Å². The molecule has 14 heavy (non-hydrogen) atoms. The largest absolute Gasteiger partial charge is 0.497 e. The molecule has 2 unspecified atom stereocenters. The summed E-state index contributed by atoms with van der Waals surface area (Å²) in [7, 11) is 1.65. The summed E-state index contributed by atoms with van der Waals surface area (Å²) in [4.78, 5) is 0. The van der Waals surface area contributed by atoms with Crippen LogP contribution < -0.4 is 4.74 Å². The molecule has 0 bridgehead atoms. The quantitative estimate of drug-likeness (QED) is 0.780. The smallest absolute Gasteiger partial charge is 0.119 e. The molecule has 0 aliphatic heterocycles. The number of fused-ring (bicyclic) bond motifs is 1. The normalized spacial score (nSPS) is 24.8. The lowest BCUT2D eigenvalue weighted by atomic mass is 9.99. The van der Waals surface area contributed by atoms with E-state index in [1.165, 1.54) is 5.56 Å². The van der Waals surface area contributed by atoms with Crippen LogP contribution in [0.1, 0.15) is 42.9 Å². The number of aliphatic hydroxyl groups is 1. The van der Waals surface area contributed by atoms with E-state index in [2.05, 4.69) is 13.0 Å². The molecule has 1 aliphatic rings. The number of benzene rings is 1. The molecule has 0 saturated carbocycles. The van der Waals surface area contributed by atoms with Crippen LogP contribution in [0.4, 0.5) is 0 Å². The highest BCUT2D eigenvalue weighted by molar-refractivity contribution is 5.42. The Labute approximate surface area is 84.5 Å². The first-order valence-electron chi connectivity index (χ1n) is 5.12. The topological polar surface area (TPSA) is 29.5 Å². The Kier molecular flexibility index (Phi) is 2.46. The Hall–Kier alpha value is -1.02. The van der Waals surface area contributed by atoms with Crippen molar-refractivity contribution in [2.24, 2.45) is 0 Å². The predicted octanol–water partition coefficient (Wildman–Crippen LogP) is 2.63. The highest BCUT2D eigenvalue weighted by Crippen LogP contribution is 2.43. The Morgan fingerprint density at radius 2 is 2.21 bits per heavy atom. The maximum atomic E-state index is 9.85. The first kappa shape index (κ1) is 9.53. The van der Waals surface area contributed by atoms with Gasteiger partial charge in [-0.15, -0.1) is 0 Å². The predicted molar refractivity (Wildman–Crippen MR) is 55.6 cm³/mol. The van der Waals surface area contributed by atoms with Crippen LogP contribution in [0.25, 0.3) is 0 Å². The molecule has 1 N–H and O–H groups in total. The van der Waals surface area contributed by atoms with E-state index in [4.69, 9.17) is 4.74 Å². The number of ether oxygens (including phenoxy) is 1. The van der Waals surface area contributed by atoms with Crippen LogP contribution in [0.5, 0.6) is 5.75 Å². The van der Waals surface area contributed by atoms with Crippen molar-refractivity contribution in [3.8, 4) is 5.75 Å². The van der Waals surface area contributed by atoms with E-state index in [9.17, 15) is 5.11 Å². The second-order valence-corrected chi connectivity index (χ2v) is 3.85. The van der Waals surface area contributed by atoms with Crippen molar-refractivity contribution in [2.45, 2.75) is 31.8 Å². The maximum absolute atomic E-state index is 9.85. The van der Waals surface area contributed by atoms with Gasteiger partial charge in [-0.3, -0.25) is 0 Å². The minimum absolute atomic E-state index is 0.301. The average Bonchev–Trinajstić information content (AvgIpc) is 2.55. The van der Waals surface area contributed by atoms with Gasteiger partial charge in [0.25, 0.3) is 0 Å². The summed E-state index contributed by atoms with van der Waals surface area (Å²) in [5, 5.41) is 9.85. The lowest BCUT2D eigenvalue weighted by Crippen LogP contribution is -1.91. The monoisotopic (exact) mass is 192 g/mol. The van der Waals surface area contributed by atoms with E-state index in [0.29, 0.717) is 5.92 Å². The second-order valence-electron chi connectivity index (χ2n) is 3.85. The van der Waals surface area contributed by atoms with Crippen molar-refractivity contribution in [1.82, 2.24) is 0 Å². The van der Waals surface area contributed by atoms with Gasteiger partial charge in [0.15, 0.2) is 0 Å². The van der Waals surface area contributed by atoms with Crippen LogP contribution in [0, 0.1) is 0 Å². The fourth-order valence-electron chi connectivity index (χ4n) is 2.25. The van der Waals surface area contributed by atoms with E-state index in [-0.39, 0.29) is 6.10 Å². The second kappa shape index (κ2) is 3.62. The van der Waals surface area contributed by atoms with Gasteiger partial charge >= 0.3 is 0 Å². The van der Waals surface area contributed by atoms with Crippen molar-refractivity contribution in [3.05, 3.63) is 29.3 Å². The molecular formula is C12H16O2. The minimum Gasteiger partial charge on any atom is -0.497 e. The van der Waals surface area contributed by atoms with Gasteiger partial charge in [-0.1, -0.05) is 13.0 Å². The summed E-state index contributed by atoms with van der Waals surface area (Å²) in [6.45, 7) is 2.16. The van der Waals surface area contributed by atoms with Gasteiger partial charge in [0.1, 0.15) is 5.75 Å². The van der Waals surface area contributed by atoms with Crippen LogP contribution in [0.15, 0.2) is 18.2 Å². The molecule has 0 saturated heterocycles.